The van der Waals surface area contributed by atoms with Gasteiger partial charge in [-0.05, 0) is 42.0 Å². The normalized spacial score (nSPS) is 10.3. The minimum absolute atomic E-state index is 0.185. The second kappa shape index (κ2) is 8.28. The molecule has 2 aromatic rings. The molecule has 2 amide bonds. The van der Waals surface area contributed by atoms with Crippen molar-refractivity contribution in [1.82, 2.24) is 15.7 Å². The molecule has 0 saturated heterocycles. The van der Waals surface area contributed by atoms with Gasteiger partial charge in [0.15, 0.2) is 0 Å². The Hall–Kier alpha value is -3.22. The van der Waals surface area contributed by atoms with Crippen molar-refractivity contribution in [1.29, 1.82) is 0 Å². The summed E-state index contributed by atoms with van der Waals surface area (Å²) in [4.78, 5) is 27.2. The summed E-state index contributed by atoms with van der Waals surface area (Å²) in [5, 5.41) is 6.27. The lowest BCUT2D eigenvalue weighted by molar-refractivity contribution is -0.120. The lowest BCUT2D eigenvalue weighted by atomic mass is 10.2. The number of amides is 2. The summed E-state index contributed by atoms with van der Waals surface area (Å²) in [6.07, 6.45) is 3.01. The first-order valence-corrected chi connectivity index (χ1v) is 6.84. The first-order chi connectivity index (χ1) is 11.2. The quantitative estimate of drug-likeness (QED) is 0.614. The summed E-state index contributed by atoms with van der Waals surface area (Å²) in [5.74, 6) is -0.109. The Labute approximate surface area is 133 Å². The molecule has 1 aromatic carbocycles. The van der Waals surface area contributed by atoms with Gasteiger partial charge in [0, 0.05) is 6.20 Å². The Kier molecular flexibility index (Phi) is 5.81. The number of hydrazone groups is 1. The molecular formula is C16H16N4O3. The van der Waals surface area contributed by atoms with E-state index in [9.17, 15) is 9.59 Å². The highest BCUT2D eigenvalue weighted by Crippen LogP contribution is 2.09. The third kappa shape index (κ3) is 5.24. The number of aromatic nitrogens is 1. The van der Waals surface area contributed by atoms with Crippen LogP contribution in [0.2, 0.25) is 0 Å². The van der Waals surface area contributed by atoms with Gasteiger partial charge in [-0.1, -0.05) is 6.07 Å². The molecule has 0 bridgehead atoms. The number of carbonyl (C=O) groups excluding carboxylic acids is 2. The molecule has 0 aliphatic rings. The number of methoxy groups -OCH3 is 1. The van der Waals surface area contributed by atoms with Crippen molar-refractivity contribution in [2.24, 2.45) is 5.10 Å². The van der Waals surface area contributed by atoms with E-state index < -0.39 is 11.8 Å². The third-order valence-corrected chi connectivity index (χ3v) is 2.83. The molecule has 0 unspecified atom stereocenters. The Morgan fingerprint density at radius 1 is 1.22 bits per heavy atom. The number of carbonyl (C=O) groups is 2. The molecule has 1 heterocycles. The number of rotatable bonds is 6. The predicted molar refractivity (Wildman–Crippen MR) is 85.3 cm³/mol. The van der Waals surface area contributed by atoms with Gasteiger partial charge in [-0.15, -0.1) is 0 Å². The van der Waals surface area contributed by atoms with Crippen LogP contribution < -0.4 is 15.5 Å². The van der Waals surface area contributed by atoms with Gasteiger partial charge in [-0.3, -0.25) is 14.6 Å². The largest absolute Gasteiger partial charge is 0.497 e. The number of pyridine rings is 1. The number of hydrogen-bond acceptors (Lipinski definition) is 5. The summed E-state index contributed by atoms with van der Waals surface area (Å²) in [6, 6.07) is 12.1. The maximum Gasteiger partial charge on any atom is 0.270 e. The van der Waals surface area contributed by atoms with Gasteiger partial charge in [-0.25, -0.2) is 5.43 Å². The second-order valence-corrected chi connectivity index (χ2v) is 4.46. The molecule has 2 rings (SSSR count). The zero-order chi connectivity index (χ0) is 16.5. The van der Waals surface area contributed by atoms with Crippen LogP contribution in [0.15, 0.2) is 53.8 Å². The molecule has 0 saturated carbocycles. The molecule has 23 heavy (non-hydrogen) atoms. The van der Waals surface area contributed by atoms with Crippen LogP contribution in [0.25, 0.3) is 0 Å². The van der Waals surface area contributed by atoms with E-state index in [0.717, 1.165) is 11.3 Å². The minimum Gasteiger partial charge on any atom is -0.497 e. The van der Waals surface area contributed by atoms with E-state index in [0.29, 0.717) is 0 Å². The van der Waals surface area contributed by atoms with Crippen molar-refractivity contribution >= 4 is 18.0 Å². The Bertz CT molecular complexity index is 684. The SMILES string of the molecule is COc1ccc(C=NNC(=O)CNC(=O)c2ccccn2)cc1. The number of nitrogens with one attached hydrogen (secondary N) is 2. The smallest absolute Gasteiger partial charge is 0.270 e. The average molecular weight is 312 g/mol. The maximum atomic E-state index is 11.7. The highest BCUT2D eigenvalue weighted by Gasteiger charge is 2.07. The van der Waals surface area contributed by atoms with E-state index in [1.165, 1.54) is 12.4 Å². The number of nitrogens with zero attached hydrogens (tertiary/aromatic N) is 2. The molecule has 7 heteroatoms. The van der Waals surface area contributed by atoms with E-state index in [-0.39, 0.29) is 12.2 Å². The van der Waals surface area contributed by atoms with Gasteiger partial charge in [-0.2, -0.15) is 5.10 Å². The summed E-state index contributed by atoms with van der Waals surface area (Å²) in [5.41, 5.74) is 3.39. The first-order valence-electron chi connectivity index (χ1n) is 6.84. The van der Waals surface area contributed by atoms with Crippen LogP contribution in [-0.4, -0.2) is 36.7 Å². The second-order valence-electron chi connectivity index (χ2n) is 4.46. The summed E-state index contributed by atoms with van der Waals surface area (Å²) < 4.78 is 5.04. The summed E-state index contributed by atoms with van der Waals surface area (Å²) in [7, 11) is 1.59. The fourth-order valence-electron chi connectivity index (χ4n) is 1.66. The molecule has 0 radical (unpaired) electrons. The van der Waals surface area contributed by atoms with Gasteiger partial charge >= 0.3 is 0 Å². The zero-order valence-corrected chi connectivity index (χ0v) is 12.5. The Morgan fingerprint density at radius 2 is 2.00 bits per heavy atom. The van der Waals surface area contributed by atoms with Crippen LogP contribution in [0, 0.1) is 0 Å². The molecule has 7 nitrogen and oxygen atoms in total. The van der Waals surface area contributed by atoms with Gasteiger partial charge in [0.2, 0.25) is 0 Å². The lowest BCUT2D eigenvalue weighted by Gasteiger charge is -2.03. The predicted octanol–water partition coefficient (Wildman–Crippen LogP) is 0.970. The molecule has 0 aliphatic carbocycles. The maximum absolute atomic E-state index is 11.7. The lowest BCUT2D eigenvalue weighted by Crippen LogP contribution is -2.35. The van der Waals surface area contributed by atoms with Crippen LogP contribution in [-0.2, 0) is 4.79 Å². The van der Waals surface area contributed by atoms with Crippen LogP contribution in [0.5, 0.6) is 5.75 Å². The average Bonchev–Trinajstić information content (AvgIpc) is 2.61. The number of ether oxygens (including phenoxy) is 1. The highest BCUT2D eigenvalue weighted by molar-refractivity contribution is 5.94. The van der Waals surface area contributed by atoms with Crippen molar-refractivity contribution in [3.05, 3.63) is 59.9 Å². The van der Waals surface area contributed by atoms with Gasteiger partial charge in [0.05, 0.1) is 19.9 Å². The summed E-state index contributed by atoms with van der Waals surface area (Å²) >= 11 is 0. The van der Waals surface area contributed by atoms with E-state index in [2.05, 4.69) is 20.8 Å². The van der Waals surface area contributed by atoms with Crippen LogP contribution in [0.4, 0.5) is 0 Å². The van der Waals surface area contributed by atoms with E-state index >= 15 is 0 Å². The van der Waals surface area contributed by atoms with Crippen molar-refractivity contribution in [3.63, 3.8) is 0 Å². The standard InChI is InChI=1S/C16H16N4O3/c1-23-13-7-5-12(6-8-13)10-19-20-15(21)11-18-16(22)14-4-2-3-9-17-14/h2-10H,11H2,1H3,(H,18,22)(H,20,21). The van der Waals surface area contributed by atoms with Crippen LogP contribution in [0.3, 0.4) is 0 Å². The molecule has 118 valence electrons. The van der Waals surface area contributed by atoms with Gasteiger partial charge in [0.25, 0.3) is 11.8 Å². The molecular weight excluding hydrogens is 296 g/mol. The van der Waals surface area contributed by atoms with Crippen molar-refractivity contribution in [2.45, 2.75) is 0 Å². The fourth-order valence-corrected chi connectivity index (χ4v) is 1.66. The molecule has 1 aromatic heterocycles. The third-order valence-electron chi connectivity index (χ3n) is 2.83. The van der Waals surface area contributed by atoms with Crippen LogP contribution >= 0.6 is 0 Å². The first kappa shape index (κ1) is 16.2. The van der Waals surface area contributed by atoms with Crippen LogP contribution in [0.1, 0.15) is 16.1 Å². The Morgan fingerprint density at radius 3 is 2.65 bits per heavy atom. The monoisotopic (exact) mass is 312 g/mol. The summed E-state index contributed by atoms with van der Waals surface area (Å²) in [6.45, 7) is -0.185. The topological polar surface area (TPSA) is 92.7 Å². The molecule has 0 spiro atoms. The van der Waals surface area contributed by atoms with Gasteiger partial charge in [0.1, 0.15) is 11.4 Å². The van der Waals surface area contributed by atoms with E-state index in [1.54, 1.807) is 49.6 Å². The van der Waals surface area contributed by atoms with Crippen molar-refractivity contribution < 1.29 is 14.3 Å². The zero-order valence-electron chi connectivity index (χ0n) is 12.5. The van der Waals surface area contributed by atoms with Crippen molar-refractivity contribution in [3.8, 4) is 5.75 Å². The molecule has 0 atom stereocenters. The number of benzene rings is 1. The fraction of sp³-hybridized carbons (Fsp3) is 0.125. The molecule has 0 aliphatic heterocycles. The van der Waals surface area contributed by atoms with E-state index in [1.807, 2.05) is 0 Å². The molecule has 0 fully saturated rings. The number of hydrogen-bond donors (Lipinski definition) is 2. The van der Waals surface area contributed by atoms with Gasteiger partial charge < -0.3 is 10.1 Å². The highest BCUT2D eigenvalue weighted by atomic mass is 16.5. The molecule has 2 N–H and O–H groups in total. The Balaban J connectivity index is 1.76. The van der Waals surface area contributed by atoms with E-state index in [4.69, 9.17) is 4.74 Å². The minimum atomic E-state index is -0.431. The van der Waals surface area contributed by atoms with Crippen molar-refractivity contribution in [2.75, 3.05) is 13.7 Å².